The standard InChI is InChI=1S/C16H19FN2O2/c1-3-8-21-16-10-15(14(18)9-13(16)17)19-11-4-6-12(20-2)7-5-11/h4-7,9-10,19H,3,8,18H2,1-2H3. The van der Waals surface area contributed by atoms with E-state index in [1.54, 1.807) is 13.2 Å². The van der Waals surface area contributed by atoms with E-state index in [0.717, 1.165) is 17.9 Å². The summed E-state index contributed by atoms with van der Waals surface area (Å²) in [5.74, 6) is 0.503. The number of hydrogen-bond acceptors (Lipinski definition) is 4. The highest BCUT2D eigenvalue weighted by Crippen LogP contribution is 2.31. The molecule has 5 heteroatoms. The van der Waals surface area contributed by atoms with Gasteiger partial charge in [-0.2, -0.15) is 0 Å². The predicted molar refractivity (Wildman–Crippen MR) is 82.9 cm³/mol. The second-order valence-electron chi connectivity index (χ2n) is 4.57. The minimum Gasteiger partial charge on any atom is -0.497 e. The van der Waals surface area contributed by atoms with Gasteiger partial charge in [0.15, 0.2) is 11.6 Å². The van der Waals surface area contributed by atoms with Crippen molar-refractivity contribution < 1.29 is 13.9 Å². The molecule has 0 unspecified atom stereocenters. The zero-order valence-electron chi connectivity index (χ0n) is 12.2. The van der Waals surface area contributed by atoms with Crippen LogP contribution in [0.15, 0.2) is 36.4 Å². The molecule has 2 aromatic rings. The van der Waals surface area contributed by atoms with Crippen molar-refractivity contribution in [2.75, 3.05) is 24.8 Å². The van der Waals surface area contributed by atoms with Crippen molar-refractivity contribution in [2.24, 2.45) is 0 Å². The number of halogens is 1. The van der Waals surface area contributed by atoms with Crippen molar-refractivity contribution >= 4 is 17.1 Å². The van der Waals surface area contributed by atoms with Crippen LogP contribution in [0.25, 0.3) is 0 Å². The lowest BCUT2D eigenvalue weighted by molar-refractivity contribution is 0.301. The van der Waals surface area contributed by atoms with Gasteiger partial charge in [-0.15, -0.1) is 0 Å². The molecule has 21 heavy (non-hydrogen) atoms. The van der Waals surface area contributed by atoms with Crippen LogP contribution < -0.4 is 20.5 Å². The van der Waals surface area contributed by atoms with Crippen LogP contribution in [0.4, 0.5) is 21.5 Å². The smallest absolute Gasteiger partial charge is 0.167 e. The first-order valence-electron chi connectivity index (χ1n) is 6.77. The Kier molecular flexibility index (Phi) is 4.87. The number of ether oxygens (including phenoxy) is 2. The summed E-state index contributed by atoms with van der Waals surface area (Å²) in [7, 11) is 1.61. The number of nitrogens with one attached hydrogen (secondary N) is 1. The second-order valence-corrected chi connectivity index (χ2v) is 4.57. The molecule has 0 aromatic heterocycles. The van der Waals surface area contributed by atoms with E-state index in [-0.39, 0.29) is 5.75 Å². The molecule has 3 N–H and O–H groups in total. The van der Waals surface area contributed by atoms with Gasteiger partial charge < -0.3 is 20.5 Å². The zero-order chi connectivity index (χ0) is 15.2. The molecular formula is C16H19FN2O2. The Morgan fingerprint density at radius 1 is 1.19 bits per heavy atom. The lowest BCUT2D eigenvalue weighted by atomic mass is 10.2. The maximum Gasteiger partial charge on any atom is 0.167 e. The van der Waals surface area contributed by atoms with Gasteiger partial charge in [-0.3, -0.25) is 0 Å². The van der Waals surface area contributed by atoms with E-state index in [2.05, 4.69) is 5.32 Å². The number of rotatable bonds is 6. The highest BCUT2D eigenvalue weighted by Gasteiger charge is 2.09. The average molecular weight is 290 g/mol. The van der Waals surface area contributed by atoms with Crippen LogP contribution in [0.5, 0.6) is 11.5 Å². The van der Waals surface area contributed by atoms with E-state index in [1.807, 2.05) is 31.2 Å². The molecule has 0 aliphatic rings. The van der Waals surface area contributed by atoms with Gasteiger partial charge in [0.2, 0.25) is 0 Å². The fraction of sp³-hybridized carbons (Fsp3) is 0.250. The third kappa shape index (κ3) is 3.78. The van der Waals surface area contributed by atoms with E-state index < -0.39 is 5.82 Å². The van der Waals surface area contributed by atoms with E-state index in [9.17, 15) is 4.39 Å². The van der Waals surface area contributed by atoms with Crippen molar-refractivity contribution in [1.82, 2.24) is 0 Å². The summed E-state index contributed by atoms with van der Waals surface area (Å²) in [6.45, 7) is 2.43. The van der Waals surface area contributed by atoms with E-state index in [1.165, 1.54) is 6.07 Å². The molecule has 0 aliphatic heterocycles. The number of benzene rings is 2. The molecule has 0 aliphatic carbocycles. The van der Waals surface area contributed by atoms with Crippen LogP contribution in [-0.2, 0) is 0 Å². The minimum absolute atomic E-state index is 0.196. The molecule has 0 saturated carbocycles. The molecular weight excluding hydrogens is 271 g/mol. The highest BCUT2D eigenvalue weighted by molar-refractivity contribution is 5.74. The Bertz CT molecular complexity index is 600. The molecule has 0 atom stereocenters. The molecule has 112 valence electrons. The third-order valence-corrected chi connectivity index (χ3v) is 2.93. The van der Waals surface area contributed by atoms with Crippen LogP contribution >= 0.6 is 0 Å². The molecule has 2 aromatic carbocycles. The maximum absolute atomic E-state index is 13.7. The molecule has 0 bridgehead atoms. The van der Waals surface area contributed by atoms with Crippen LogP contribution in [0.3, 0.4) is 0 Å². The Morgan fingerprint density at radius 3 is 2.52 bits per heavy atom. The van der Waals surface area contributed by atoms with E-state index in [4.69, 9.17) is 15.2 Å². The quantitative estimate of drug-likeness (QED) is 0.791. The fourth-order valence-electron chi connectivity index (χ4n) is 1.83. The largest absolute Gasteiger partial charge is 0.497 e. The Morgan fingerprint density at radius 2 is 1.90 bits per heavy atom. The summed E-state index contributed by atoms with van der Waals surface area (Å²) in [4.78, 5) is 0. The molecule has 4 nitrogen and oxygen atoms in total. The zero-order valence-corrected chi connectivity index (χ0v) is 12.2. The molecule has 0 radical (unpaired) electrons. The van der Waals surface area contributed by atoms with Gasteiger partial charge in [-0.1, -0.05) is 6.92 Å². The fourth-order valence-corrected chi connectivity index (χ4v) is 1.83. The van der Waals surface area contributed by atoms with E-state index >= 15 is 0 Å². The lowest BCUT2D eigenvalue weighted by Gasteiger charge is -2.13. The van der Waals surface area contributed by atoms with Gasteiger partial charge in [0.1, 0.15) is 5.75 Å². The maximum atomic E-state index is 13.7. The summed E-state index contributed by atoms with van der Waals surface area (Å²) >= 11 is 0. The molecule has 0 spiro atoms. The molecule has 2 rings (SSSR count). The van der Waals surface area contributed by atoms with Gasteiger partial charge >= 0.3 is 0 Å². The summed E-state index contributed by atoms with van der Waals surface area (Å²) in [5, 5.41) is 3.14. The van der Waals surface area contributed by atoms with Gasteiger partial charge in [-0.05, 0) is 30.7 Å². The highest BCUT2D eigenvalue weighted by atomic mass is 19.1. The Hall–Kier alpha value is -2.43. The van der Waals surface area contributed by atoms with E-state index in [0.29, 0.717) is 18.0 Å². The number of anilines is 3. The van der Waals surface area contributed by atoms with Crippen LogP contribution in [-0.4, -0.2) is 13.7 Å². The van der Waals surface area contributed by atoms with Gasteiger partial charge in [-0.25, -0.2) is 4.39 Å². The first-order valence-corrected chi connectivity index (χ1v) is 6.77. The normalized spacial score (nSPS) is 10.2. The lowest BCUT2D eigenvalue weighted by Crippen LogP contribution is -2.02. The monoisotopic (exact) mass is 290 g/mol. The van der Waals surface area contributed by atoms with Crippen LogP contribution in [0.1, 0.15) is 13.3 Å². The molecule has 0 fully saturated rings. The number of methoxy groups -OCH3 is 1. The van der Waals surface area contributed by atoms with Crippen LogP contribution in [0.2, 0.25) is 0 Å². The Balaban J connectivity index is 2.21. The summed E-state index contributed by atoms with van der Waals surface area (Å²) in [6, 6.07) is 10.2. The summed E-state index contributed by atoms with van der Waals surface area (Å²) < 4.78 is 24.2. The minimum atomic E-state index is -0.457. The number of nitrogen functional groups attached to an aromatic ring is 1. The molecule has 0 saturated heterocycles. The number of hydrogen-bond donors (Lipinski definition) is 2. The summed E-state index contributed by atoms with van der Waals surface area (Å²) in [5.41, 5.74) is 7.60. The van der Waals surface area contributed by atoms with Gasteiger partial charge in [0.25, 0.3) is 0 Å². The second kappa shape index (κ2) is 6.83. The first kappa shape index (κ1) is 15.0. The van der Waals surface area contributed by atoms with Crippen LogP contribution in [0, 0.1) is 5.82 Å². The van der Waals surface area contributed by atoms with Gasteiger partial charge in [0.05, 0.1) is 25.1 Å². The topological polar surface area (TPSA) is 56.5 Å². The van der Waals surface area contributed by atoms with Crippen molar-refractivity contribution in [3.63, 3.8) is 0 Å². The van der Waals surface area contributed by atoms with Crippen molar-refractivity contribution in [3.8, 4) is 11.5 Å². The molecule has 0 heterocycles. The first-order chi connectivity index (χ1) is 10.1. The number of nitrogens with two attached hydrogens (primary N) is 1. The van der Waals surface area contributed by atoms with Gasteiger partial charge in [0, 0.05) is 17.8 Å². The summed E-state index contributed by atoms with van der Waals surface area (Å²) in [6.07, 6.45) is 0.811. The third-order valence-electron chi connectivity index (χ3n) is 2.93. The van der Waals surface area contributed by atoms with Crippen molar-refractivity contribution in [3.05, 3.63) is 42.2 Å². The predicted octanol–water partition coefficient (Wildman–Crippen LogP) is 3.95. The Labute approximate surface area is 123 Å². The SMILES string of the molecule is CCCOc1cc(Nc2ccc(OC)cc2)c(N)cc1F. The van der Waals surface area contributed by atoms with Crippen molar-refractivity contribution in [2.45, 2.75) is 13.3 Å². The van der Waals surface area contributed by atoms with Crippen molar-refractivity contribution in [1.29, 1.82) is 0 Å². The average Bonchev–Trinajstić information content (AvgIpc) is 2.49. The molecule has 0 amide bonds.